The molecule has 108 valence electrons. The van der Waals surface area contributed by atoms with E-state index in [2.05, 4.69) is 5.32 Å². The number of esters is 1. The van der Waals surface area contributed by atoms with Gasteiger partial charge in [0, 0.05) is 0 Å². The Kier molecular flexibility index (Phi) is 3.60. The Morgan fingerprint density at radius 1 is 1.37 bits per heavy atom. The molecule has 0 amide bonds. The van der Waals surface area contributed by atoms with Gasteiger partial charge in [-0.3, -0.25) is 14.9 Å². The maximum atomic E-state index is 11.6. The molecule has 2 bridgehead atoms. The molecular formula is C14H23NO4. The minimum Gasteiger partial charge on any atom is -0.480 e. The first-order chi connectivity index (χ1) is 8.69. The van der Waals surface area contributed by atoms with Crippen LogP contribution in [0.2, 0.25) is 0 Å². The fourth-order valence-corrected chi connectivity index (χ4v) is 3.17. The average molecular weight is 269 g/mol. The summed E-state index contributed by atoms with van der Waals surface area (Å²) >= 11 is 0. The summed E-state index contributed by atoms with van der Waals surface area (Å²) in [6.45, 7) is 5.33. The lowest BCUT2D eigenvalue weighted by Crippen LogP contribution is -2.56. The molecule has 5 heteroatoms. The highest BCUT2D eigenvalue weighted by molar-refractivity contribution is 5.76. The van der Waals surface area contributed by atoms with Crippen LogP contribution in [0.5, 0.6) is 0 Å². The maximum Gasteiger partial charge on any atom is 0.320 e. The number of rotatable bonds is 6. The van der Waals surface area contributed by atoms with Crippen LogP contribution in [0, 0.1) is 11.3 Å². The van der Waals surface area contributed by atoms with E-state index in [1.54, 1.807) is 20.8 Å². The minimum absolute atomic E-state index is 0.0479. The zero-order valence-corrected chi connectivity index (χ0v) is 11.9. The van der Waals surface area contributed by atoms with Crippen molar-refractivity contribution in [2.45, 2.75) is 58.1 Å². The van der Waals surface area contributed by atoms with Crippen LogP contribution < -0.4 is 5.32 Å². The third-order valence-electron chi connectivity index (χ3n) is 4.01. The van der Waals surface area contributed by atoms with Crippen molar-refractivity contribution in [1.82, 2.24) is 5.32 Å². The minimum atomic E-state index is -0.881. The Balaban J connectivity index is 1.77. The molecular weight excluding hydrogens is 246 g/mol. The summed E-state index contributed by atoms with van der Waals surface area (Å²) in [6, 6.07) is -0.645. The van der Waals surface area contributed by atoms with E-state index in [-0.39, 0.29) is 12.0 Å². The van der Waals surface area contributed by atoms with Crippen molar-refractivity contribution in [2.24, 2.45) is 11.3 Å². The average Bonchev–Trinajstić information content (AvgIpc) is 2.09. The van der Waals surface area contributed by atoms with Crippen LogP contribution in [0.25, 0.3) is 0 Å². The summed E-state index contributed by atoms with van der Waals surface area (Å²) in [5, 5.41) is 12.0. The highest BCUT2D eigenvalue weighted by Gasteiger charge is 2.57. The molecule has 0 heterocycles. The molecule has 0 aromatic rings. The van der Waals surface area contributed by atoms with E-state index in [1.165, 1.54) is 0 Å². The molecule has 5 nitrogen and oxygen atoms in total. The zero-order chi connectivity index (χ0) is 14.3. The molecule has 3 aliphatic rings. The highest BCUT2D eigenvalue weighted by atomic mass is 16.6. The number of carbonyl (C=O) groups excluding carboxylic acids is 1. The molecule has 0 aliphatic heterocycles. The number of carbonyl (C=O) groups is 2. The predicted molar refractivity (Wildman–Crippen MR) is 69.7 cm³/mol. The van der Waals surface area contributed by atoms with Gasteiger partial charge in [0.2, 0.25) is 0 Å². The Labute approximate surface area is 113 Å². The molecule has 0 aromatic carbocycles. The first-order valence-electron chi connectivity index (χ1n) is 6.87. The summed E-state index contributed by atoms with van der Waals surface area (Å²) in [4.78, 5) is 22.8. The van der Waals surface area contributed by atoms with Crippen molar-refractivity contribution < 1.29 is 19.4 Å². The molecule has 1 unspecified atom stereocenters. The zero-order valence-electron chi connectivity index (χ0n) is 11.9. The lowest BCUT2D eigenvalue weighted by Gasteiger charge is -2.62. The van der Waals surface area contributed by atoms with E-state index in [1.807, 2.05) is 0 Å². The van der Waals surface area contributed by atoms with Gasteiger partial charge >= 0.3 is 11.9 Å². The molecule has 3 rings (SSSR count). The third kappa shape index (κ3) is 3.47. The number of nitrogens with one attached hydrogen (secondary N) is 1. The van der Waals surface area contributed by atoms with Gasteiger partial charge < -0.3 is 9.84 Å². The van der Waals surface area contributed by atoms with Crippen LogP contribution >= 0.6 is 0 Å². The van der Waals surface area contributed by atoms with E-state index in [4.69, 9.17) is 4.74 Å². The number of carboxylic acids is 1. The topological polar surface area (TPSA) is 75.6 Å². The Hall–Kier alpha value is -1.10. The molecule has 0 aromatic heterocycles. The number of ether oxygens (including phenoxy) is 1. The number of hydrogen-bond donors (Lipinski definition) is 2. The van der Waals surface area contributed by atoms with Gasteiger partial charge in [-0.25, -0.2) is 0 Å². The molecule has 0 radical (unpaired) electrons. The second-order valence-corrected chi connectivity index (χ2v) is 7.04. The van der Waals surface area contributed by atoms with Gasteiger partial charge in [-0.15, -0.1) is 0 Å². The third-order valence-corrected chi connectivity index (χ3v) is 4.01. The summed E-state index contributed by atoms with van der Waals surface area (Å²) in [7, 11) is 0. The predicted octanol–water partition coefficient (Wildman–Crippen LogP) is 1.56. The smallest absolute Gasteiger partial charge is 0.320 e. The van der Waals surface area contributed by atoms with Gasteiger partial charge in [0.05, 0.1) is 6.54 Å². The van der Waals surface area contributed by atoms with Gasteiger partial charge in [0.15, 0.2) is 0 Å². The lowest BCUT2D eigenvalue weighted by molar-refractivity contribution is -0.156. The molecule has 0 spiro atoms. The SMILES string of the molecule is CC(C)(C)OC(=O)CNC(CC12CC(C1)C2)C(=O)O. The van der Waals surface area contributed by atoms with Crippen molar-refractivity contribution >= 4 is 11.9 Å². The summed E-state index contributed by atoms with van der Waals surface area (Å²) in [5.41, 5.74) is -0.292. The number of hydrogen-bond acceptors (Lipinski definition) is 4. The van der Waals surface area contributed by atoms with Crippen molar-refractivity contribution in [2.75, 3.05) is 6.54 Å². The Morgan fingerprint density at radius 3 is 2.32 bits per heavy atom. The van der Waals surface area contributed by atoms with Gasteiger partial charge in [-0.05, 0) is 57.8 Å². The standard InChI is InChI=1S/C14H23NO4/c1-13(2,3)19-11(16)8-15-10(12(17)18)7-14-4-9(5-14)6-14/h9-10,15H,4-8H2,1-3H3,(H,17,18). The molecule has 3 saturated carbocycles. The van der Waals surface area contributed by atoms with Gasteiger partial charge in [0.25, 0.3) is 0 Å². The fraction of sp³-hybridized carbons (Fsp3) is 0.857. The van der Waals surface area contributed by atoms with Gasteiger partial charge in [-0.2, -0.15) is 0 Å². The van der Waals surface area contributed by atoms with Crippen molar-refractivity contribution in [1.29, 1.82) is 0 Å². The maximum absolute atomic E-state index is 11.6. The summed E-state index contributed by atoms with van der Waals surface area (Å²) in [5.74, 6) is -0.454. The fourth-order valence-electron chi connectivity index (χ4n) is 3.17. The van der Waals surface area contributed by atoms with Crippen LogP contribution in [0.3, 0.4) is 0 Å². The van der Waals surface area contributed by atoms with Gasteiger partial charge in [0.1, 0.15) is 11.6 Å². The summed E-state index contributed by atoms with van der Waals surface area (Å²) in [6.07, 6.45) is 4.10. The van der Waals surface area contributed by atoms with Gasteiger partial charge in [-0.1, -0.05) is 0 Å². The van der Waals surface area contributed by atoms with E-state index in [9.17, 15) is 14.7 Å². The second-order valence-electron chi connectivity index (χ2n) is 7.04. The Morgan fingerprint density at radius 2 is 1.95 bits per heavy atom. The molecule has 2 N–H and O–H groups in total. The highest BCUT2D eigenvalue weighted by Crippen LogP contribution is 2.66. The molecule has 0 saturated heterocycles. The van der Waals surface area contributed by atoms with Crippen LogP contribution in [0.15, 0.2) is 0 Å². The summed E-state index contributed by atoms with van der Waals surface area (Å²) < 4.78 is 5.15. The quantitative estimate of drug-likeness (QED) is 0.716. The number of carboxylic acid groups (broad SMARTS) is 1. The molecule has 1 atom stereocenters. The van der Waals surface area contributed by atoms with Crippen LogP contribution in [-0.4, -0.2) is 35.2 Å². The molecule has 3 aliphatic carbocycles. The van der Waals surface area contributed by atoms with Crippen molar-refractivity contribution in [3.05, 3.63) is 0 Å². The van der Waals surface area contributed by atoms with Crippen LogP contribution in [0.4, 0.5) is 0 Å². The first-order valence-corrected chi connectivity index (χ1v) is 6.87. The monoisotopic (exact) mass is 269 g/mol. The second kappa shape index (κ2) is 4.78. The largest absolute Gasteiger partial charge is 0.480 e. The van der Waals surface area contributed by atoms with E-state index < -0.39 is 23.6 Å². The van der Waals surface area contributed by atoms with Crippen LogP contribution in [-0.2, 0) is 14.3 Å². The normalized spacial score (nSPS) is 29.9. The molecule has 3 fully saturated rings. The first kappa shape index (κ1) is 14.3. The molecule has 19 heavy (non-hydrogen) atoms. The van der Waals surface area contributed by atoms with E-state index in [0.29, 0.717) is 6.42 Å². The van der Waals surface area contributed by atoms with E-state index in [0.717, 1.165) is 25.2 Å². The van der Waals surface area contributed by atoms with Crippen molar-refractivity contribution in [3.63, 3.8) is 0 Å². The lowest BCUT2D eigenvalue weighted by atomic mass is 9.43. The van der Waals surface area contributed by atoms with Crippen molar-refractivity contribution in [3.8, 4) is 0 Å². The number of aliphatic carboxylic acids is 1. The van der Waals surface area contributed by atoms with E-state index >= 15 is 0 Å². The van der Waals surface area contributed by atoms with Crippen LogP contribution in [0.1, 0.15) is 46.5 Å². The Bertz CT molecular complexity index is 368.